The number of hydrogen-bond donors (Lipinski definition) is 1. The summed E-state index contributed by atoms with van der Waals surface area (Å²) >= 11 is 0. The van der Waals surface area contributed by atoms with Crippen molar-refractivity contribution < 1.29 is 4.74 Å². The fourth-order valence-electron chi connectivity index (χ4n) is 2.14. The molecule has 3 aromatic rings. The van der Waals surface area contributed by atoms with Gasteiger partial charge in [0.15, 0.2) is 0 Å². The van der Waals surface area contributed by atoms with Crippen LogP contribution in [0.3, 0.4) is 0 Å². The molecular weight excluding hydrogens is 224 g/mol. The van der Waals surface area contributed by atoms with Crippen molar-refractivity contribution in [2.24, 2.45) is 0 Å². The van der Waals surface area contributed by atoms with Crippen molar-refractivity contribution in [1.82, 2.24) is 4.40 Å². The maximum absolute atomic E-state index is 6.19. The molecule has 90 valence electrons. The second-order valence-corrected chi connectivity index (χ2v) is 4.18. The largest absolute Gasteiger partial charge is 0.497 e. The molecule has 0 aliphatic carbocycles. The number of ether oxygens (including phenoxy) is 1. The zero-order valence-corrected chi connectivity index (χ0v) is 10.1. The van der Waals surface area contributed by atoms with Crippen LogP contribution in [-0.2, 0) is 0 Å². The zero-order chi connectivity index (χ0) is 12.5. The van der Waals surface area contributed by atoms with Crippen LogP contribution in [0, 0.1) is 0 Å². The van der Waals surface area contributed by atoms with E-state index in [0.29, 0.717) is 0 Å². The van der Waals surface area contributed by atoms with Crippen molar-refractivity contribution in [2.75, 3.05) is 12.8 Å². The summed E-state index contributed by atoms with van der Waals surface area (Å²) < 4.78 is 7.19. The normalized spacial score (nSPS) is 10.7. The van der Waals surface area contributed by atoms with Crippen LogP contribution < -0.4 is 10.5 Å². The van der Waals surface area contributed by atoms with Gasteiger partial charge < -0.3 is 14.9 Å². The molecule has 0 saturated heterocycles. The van der Waals surface area contributed by atoms with Crippen molar-refractivity contribution in [3.8, 4) is 16.9 Å². The third-order valence-electron chi connectivity index (χ3n) is 3.13. The van der Waals surface area contributed by atoms with Crippen molar-refractivity contribution in [2.45, 2.75) is 0 Å². The van der Waals surface area contributed by atoms with E-state index < -0.39 is 0 Å². The highest BCUT2D eigenvalue weighted by molar-refractivity contribution is 5.88. The summed E-state index contributed by atoms with van der Waals surface area (Å²) in [6.45, 7) is 0. The van der Waals surface area contributed by atoms with E-state index >= 15 is 0 Å². The molecule has 0 spiro atoms. The van der Waals surface area contributed by atoms with Gasteiger partial charge in [-0.15, -0.1) is 0 Å². The van der Waals surface area contributed by atoms with Gasteiger partial charge >= 0.3 is 0 Å². The Balaban J connectivity index is 2.15. The topological polar surface area (TPSA) is 39.7 Å². The first kappa shape index (κ1) is 10.7. The molecule has 18 heavy (non-hydrogen) atoms. The molecule has 2 aromatic heterocycles. The summed E-state index contributed by atoms with van der Waals surface area (Å²) in [5.41, 5.74) is 10.2. The third-order valence-corrected chi connectivity index (χ3v) is 3.13. The van der Waals surface area contributed by atoms with Crippen molar-refractivity contribution in [1.29, 1.82) is 0 Å². The molecule has 3 rings (SSSR count). The molecule has 0 amide bonds. The van der Waals surface area contributed by atoms with Gasteiger partial charge in [0.05, 0.1) is 18.3 Å². The molecule has 0 aliphatic rings. The van der Waals surface area contributed by atoms with E-state index in [0.717, 1.165) is 28.1 Å². The smallest absolute Gasteiger partial charge is 0.118 e. The second-order valence-electron chi connectivity index (χ2n) is 4.18. The molecule has 3 heteroatoms. The van der Waals surface area contributed by atoms with Gasteiger partial charge in [-0.25, -0.2) is 0 Å². The Bertz CT molecular complexity index is 683. The summed E-state index contributed by atoms with van der Waals surface area (Å²) in [6, 6.07) is 13.9. The number of nitrogens with two attached hydrogens (primary N) is 1. The van der Waals surface area contributed by atoms with Crippen LogP contribution in [0.15, 0.2) is 54.9 Å². The quantitative estimate of drug-likeness (QED) is 0.744. The number of nitrogen functional groups attached to an aromatic ring is 1. The molecule has 2 N–H and O–H groups in total. The molecule has 0 radical (unpaired) electrons. The summed E-state index contributed by atoms with van der Waals surface area (Å²) in [4.78, 5) is 0. The lowest BCUT2D eigenvalue weighted by Gasteiger charge is -2.02. The van der Waals surface area contributed by atoms with E-state index in [-0.39, 0.29) is 0 Å². The van der Waals surface area contributed by atoms with Crippen LogP contribution in [0.1, 0.15) is 0 Å². The Kier molecular flexibility index (Phi) is 2.45. The van der Waals surface area contributed by atoms with E-state index in [4.69, 9.17) is 10.5 Å². The van der Waals surface area contributed by atoms with Gasteiger partial charge in [-0.2, -0.15) is 0 Å². The maximum Gasteiger partial charge on any atom is 0.118 e. The van der Waals surface area contributed by atoms with Crippen LogP contribution in [0.5, 0.6) is 5.75 Å². The number of fused-ring (bicyclic) bond motifs is 1. The Morgan fingerprint density at radius 3 is 2.50 bits per heavy atom. The predicted molar refractivity (Wildman–Crippen MR) is 73.8 cm³/mol. The number of nitrogens with zero attached hydrogens (tertiary/aromatic N) is 1. The van der Waals surface area contributed by atoms with Crippen molar-refractivity contribution in [3.63, 3.8) is 0 Å². The van der Waals surface area contributed by atoms with Crippen LogP contribution in [0.2, 0.25) is 0 Å². The number of benzene rings is 1. The third kappa shape index (κ3) is 1.61. The van der Waals surface area contributed by atoms with Gasteiger partial charge in [0, 0.05) is 18.0 Å². The van der Waals surface area contributed by atoms with Gasteiger partial charge in [0.1, 0.15) is 5.75 Å². The van der Waals surface area contributed by atoms with Gasteiger partial charge in [0.25, 0.3) is 0 Å². The van der Waals surface area contributed by atoms with Gasteiger partial charge in [-0.05, 0) is 29.8 Å². The van der Waals surface area contributed by atoms with E-state index in [2.05, 4.69) is 0 Å². The fourth-order valence-corrected chi connectivity index (χ4v) is 2.14. The van der Waals surface area contributed by atoms with Gasteiger partial charge in [-0.1, -0.05) is 18.2 Å². The SMILES string of the molecule is COc1ccc(-c2cn3ccccc3c2N)cc1. The average Bonchev–Trinajstić information content (AvgIpc) is 2.77. The first-order valence-corrected chi connectivity index (χ1v) is 5.79. The minimum absolute atomic E-state index is 0.806. The van der Waals surface area contributed by atoms with Crippen LogP contribution in [-0.4, -0.2) is 11.5 Å². The Morgan fingerprint density at radius 1 is 1.06 bits per heavy atom. The van der Waals surface area contributed by atoms with Crippen LogP contribution >= 0.6 is 0 Å². The number of methoxy groups -OCH3 is 1. The average molecular weight is 238 g/mol. The predicted octanol–water partition coefficient (Wildman–Crippen LogP) is 3.20. The Morgan fingerprint density at radius 2 is 1.83 bits per heavy atom. The number of rotatable bonds is 2. The molecular formula is C15H14N2O. The van der Waals surface area contributed by atoms with Gasteiger partial charge in [0.2, 0.25) is 0 Å². The lowest BCUT2D eigenvalue weighted by molar-refractivity contribution is 0.415. The number of pyridine rings is 1. The lowest BCUT2D eigenvalue weighted by Crippen LogP contribution is -1.87. The molecule has 0 atom stereocenters. The Hall–Kier alpha value is -2.42. The molecule has 3 nitrogen and oxygen atoms in total. The molecule has 2 heterocycles. The molecule has 0 fully saturated rings. The highest BCUT2D eigenvalue weighted by Crippen LogP contribution is 2.31. The van der Waals surface area contributed by atoms with Crippen molar-refractivity contribution >= 4 is 11.2 Å². The maximum atomic E-state index is 6.19. The Labute approximate surface area is 105 Å². The number of hydrogen-bond acceptors (Lipinski definition) is 2. The minimum Gasteiger partial charge on any atom is -0.497 e. The number of aromatic nitrogens is 1. The minimum atomic E-state index is 0.806. The lowest BCUT2D eigenvalue weighted by atomic mass is 10.1. The summed E-state index contributed by atoms with van der Waals surface area (Å²) in [5.74, 6) is 0.848. The monoisotopic (exact) mass is 238 g/mol. The molecule has 0 unspecified atom stereocenters. The first-order valence-electron chi connectivity index (χ1n) is 5.79. The van der Waals surface area contributed by atoms with Gasteiger partial charge in [-0.3, -0.25) is 0 Å². The summed E-state index contributed by atoms with van der Waals surface area (Å²) in [7, 11) is 1.66. The van der Waals surface area contributed by atoms with E-state index in [1.807, 2.05) is 59.3 Å². The summed E-state index contributed by atoms with van der Waals surface area (Å²) in [6.07, 6.45) is 4.05. The standard InChI is InChI=1S/C15H14N2O/c1-18-12-7-5-11(6-8-12)13-10-17-9-3-2-4-14(17)15(13)16/h2-10H,16H2,1H3. The molecule has 0 aliphatic heterocycles. The second kappa shape index (κ2) is 4.11. The summed E-state index contributed by atoms with van der Waals surface area (Å²) in [5, 5.41) is 0. The molecule has 1 aromatic carbocycles. The van der Waals surface area contributed by atoms with E-state index in [1.54, 1.807) is 7.11 Å². The first-order chi connectivity index (χ1) is 8.79. The van der Waals surface area contributed by atoms with Crippen LogP contribution in [0.25, 0.3) is 16.6 Å². The zero-order valence-electron chi connectivity index (χ0n) is 10.1. The highest BCUT2D eigenvalue weighted by atomic mass is 16.5. The number of anilines is 1. The van der Waals surface area contributed by atoms with E-state index in [9.17, 15) is 0 Å². The van der Waals surface area contributed by atoms with E-state index in [1.165, 1.54) is 0 Å². The highest BCUT2D eigenvalue weighted by Gasteiger charge is 2.08. The molecule has 0 bridgehead atoms. The van der Waals surface area contributed by atoms with Crippen molar-refractivity contribution in [3.05, 3.63) is 54.9 Å². The molecule has 0 saturated carbocycles. The fraction of sp³-hybridized carbons (Fsp3) is 0.0667. The van der Waals surface area contributed by atoms with Crippen LogP contribution in [0.4, 0.5) is 5.69 Å².